The summed E-state index contributed by atoms with van der Waals surface area (Å²) in [4.78, 5) is 16.7. The first-order valence-corrected chi connectivity index (χ1v) is 8.32. The molecule has 3 aromatic rings. The second kappa shape index (κ2) is 7.25. The Morgan fingerprint density at radius 2 is 1.96 bits per heavy atom. The van der Waals surface area contributed by atoms with Gasteiger partial charge in [-0.1, -0.05) is 44.2 Å². The lowest BCUT2D eigenvalue weighted by atomic mass is 10.1. The van der Waals surface area contributed by atoms with E-state index in [1.54, 1.807) is 4.52 Å². The van der Waals surface area contributed by atoms with Crippen LogP contribution in [-0.4, -0.2) is 20.5 Å². The molecular weight excluding hydrogens is 300 g/mol. The molecular formula is C19H22N4O. The molecule has 5 nitrogen and oxygen atoms in total. The number of nitrogens with zero attached hydrogens (tertiary/aromatic N) is 3. The topological polar surface area (TPSA) is 59.3 Å². The molecule has 3 rings (SSSR count). The Kier molecular flexibility index (Phi) is 4.89. The molecule has 0 aliphatic heterocycles. The molecule has 0 aliphatic carbocycles. The summed E-state index contributed by atoms with van der Waals surface area (Å²) >= 11 is 0. The van der Waals surface area contributed by atoms with E-state index in [1.165, 1.54) is 5.56 Å². The van der Waals surface area contributed by atoms with Crippen molar-refractivity contribution in [3.05, 3.63) is 60.0 Å². The van der Waals surface area contributed by atoms with Gasteiger partial charge in [-0.2, -0.15) is 5.10 Å². The minimum atomic E-state index is 0.00753. The second-order valence-corrected chi connectivity index (χ2v) is 6.20. The molecule has 1 N–H and O–H groups in total. The van der Waals surface area contributed by atoms with E-state index in [0.29, 0.717) is 17.8 Å². The maximum atomic E-state index is 12.2. The fourth-order valence-electron chi connectivity index (χ4n) is 2.58. The summed E-state index contributed by atoms with van der Waals surface area (Å²) in [6.07, 6.45) is 4.06. The number of pyridine rings is 1. The van der Waals surface area contributed by atoms with Crippen molar-refractivity contribution in [2.75, 3.05) is 5.32 Å². The van der Waals surface area contributed by atoms with Gasteiger partial charge in [-0.15, -0.1) is 0 Å². The molecule has 0 saturated heterocycles. The minimum absolute atomic E-state index is 0.00753. The molecule has 124 valence electrons. The van der Waals surface area contributed by atoms with Crippen molar-refractivity contribution in [2.24, 2.45) is 0 Å². The first-order valence-electron chi connectivity index (χ1n) is 8.32. The van der Waals surface area contributed by atoms with Crippen LogP contribution in [-0.2, 0) is 11.2 Å². The monoisotopic (exact) mass is 322 g/mol. The van der Waals surface area contributed by atoms with Crippen molar-refractivity contribution in [1.82, 2.24) is 14.6 Å². The number of benzene rings is 1. The molecule has 1 aromatic carbocycles. The molecule has 0 radical (unpaired) electrons. The predicted octanol–water partition coefficient (Wildman–Crippen LogP) is 3.81. The van der Waals surface area contributed by atoms with Crippen LogP contribution in [0, 0.1) is 0 Å². The lowest BCUT2D eigenvalue weighted by Crippen LogP contribution is -2.12. The predicted molar refractivity (Wildman–Crippen MR) is 95.1 cm³/mol. The Morgan fingerprint density at radius 3 is 2.71 bits per heavy atom. The molecule has 1 amide bonds. The summed E-state index contributed by atoms with van der Waals surface area (Å²) in [5.41, 5.74) is 2.66. The molecule has 2 aromatic heterocycles. The highest BCUT2D eigenvalue weighted by Gasteiger charge is 2.12. The maximum Gasteiger partial charge on any atom is 0.224 e. The number of hydrogen-bond acceptors (Lipinski definition) is 3. The summed E-state index contributed by atoms with van der Waals surface area (Å²) in [6.45, 7) is 4.10. The SMILES string of the molecule is CC(C)c1nc2c(NC(=O)CCCc3ccccc3)cccn2n1. The number of carbonyl (C=O) groups is 1. The molecule has 0 saturated carbocycles. The fourth-order valence-corrected chi connectivity index (χ4v) is 2.58. The maximum absolute atomic E-state index is 12.2. The number of rotatable bonds is 6. The van der Waals surface area contributed by atoms with Crippen molar-refractivity contribution in [3.8, 4) is 0 Å². The molecule has 0 unspecified atom stereocenters. The second-order valence-electron chi connectivity index (χ2n) is 6.20. The number of fused-ring (bicyclic) bond motifs is 1. The van der Waals surface area contributed by atoms with Gasteiger partial charge in [-0.3, -0.25) is 4.79 Å². The third-order valence-corrected chi connectivity index (χ3v) is 3.88. The van der Waals surface area contributed by atoms with Crippen LogP contribution in [0.1, 0.15) is 44.0 Å². The van der Waals surface area contributed by atoms with Gasteiger partial charge in [0.15, 0.2) is 11.5 Å². The minimum Gasteiger partial charge on any atom is -0.323 e. The summed E-state index contributed by atoms with van der Waals surface area (Å²) < 4.78 is 1.72. The summed E-state index contributed by atoms with van der Waals surface area (Å²) in [6, 6.07) is 13.9. The summed E-state index contributed by atoms with van der Waals surface area (Å²) in [5.74, 6) is 1.04. The molecule has 0 fully saturated rings. The molecule has 0 atom stereocenters. The molecule has 0 aliphatic rings. The van der Waals surface area contributed by atoms with Crippen molar-refractivity contribution in [3.63, 3.8) is 0 Å². The van der Waals surface area contributed by atoms with E-state index in [4.69, 9.17) is 0 Å². The van der Waals surface area contributed by atoms with Gasteiger partial charge in [0.25, 0.3) is 0 Å². The van der Waals surface area contributed by atoms with Gasteiger partial charge in [-0.25, -0.2) is 9.50 Å². The number of carbonyl (C=O) groups excluding carboxylic acids is 1. The number of nitrogens with one attached hydrogen (secondary N) is 1. The zero-order valence-electron chi connectivity index (χ0n) is 14.1. The van der Waals surface area contributed by atoms with Gasteiger partial charge in [0.05, 0.1) is 5.69 Å². The van der Waals surface area contributed by atoms with E-state index in [9.17, 15) is 4.79 Å². The van der Waals surface area contributed by atoms with Crippen LogP contribution in [0.15, 0.2) is 48.7 Å². The van der Waals surface area contributed by atoms with Gasteiger partial charge >= 0.3 is 0 Å². The van der Waals surface area contributed by atoms with Crippen LogP contribution in [0.25, 0.3) is 5.65 Å². The Balaban J connectivity index is 1.63. The van der Waals surface area contributed by atoms with Crippen LogP contribution in [0.5, 0.6) is 0 Å². The zero-order valence-corrected chi connectivity index (χ0v) is 14.1. The van der Waals surface area contributed by atoms with Gasteiger partial charge in [-0.05, 0) is 30.5 Å². The number of hydrogen-bond donors (Lipinski definition) is 1. The van der Waals surface area contributed by atoms with Crippen molar-refractivity contribution in [2.45, 2.75) is 39.0 Å². The molecule has 0 bridgehead atoms. The van der Waals surface area contributed by atoms with E-state index in [2.05, 4.69) is 41.4 Å². The molecule has 24 heavy (non-hydrogen) atoms. The van der Waals surface area contributed by atoms with E-state index >= 15 is 0 Å². The first kappa shape index (κ1) is 16.2. The van der Waals surface area contributed by atoms with E-state index in [0.717, 1.165) is 18.7 Å². The van der Waals surface area contributed by atoms with Crippen LogP contribution in [0.3, 0.4) is 0 Å². The number of aromatic nitrogens is 3. The summed E-state index contributed by atoms with van der Waals surface area (Å²) in [7, 11) is 0. The van der Waals surface area contributed by atoms with E-state index in [-0.39, 0.29) is 11.8 Å². The standard InChI is InChI=1S/C19H22N4O/c1-14(2)18-21-19-16(11-7-13-23(19)22-18)20-17(24)12-6-10-15-8-4-3-5-9-15/h3-5,7-9,11,13-14H,6,10,12H2,1-2H3,(H,20,24). The van der Waals surface area contributed by atoms with Gasteiger partial charge in [0.1, 0.15) is 0 Å². The van der Waals surface area contributed by atoms with Crippen LogP contribution < -0.4 is 5.32 Å². The van der Waals surface area contributed by atoms with E-state index in [1.807, 2.05) is 36.5 Å². The third kappa shape index (κ3) is 3.79. The van der Waals surface area contributed by atoms with Gasteiger partial charge < -0.3 is 5.32 Å². The molecule has 2 heterocycles. The Bertz CT molecular complexity index is 824. The normalized spacial score (nSPS) is 11.1. The number of anilines is 1. The molecule has 0 spiro atoms. The quantitative estimate of drug-likeness (QED) is 0.750. The summed E-state index contributed by atoms with van der Waals surface area (Å²) in [5, 5.41) is 7.40. The smallest absolute Gasteiger partial charge is 0.224 e. The zero-order chi connectivity index (χ0) is 16.9. The first-order chi connectivity index (χ1) is 11.6. The highest BCUT2D eigenvalue weighted by Crippen LogP contribution is 2.18. The van der Waals surface area contributed by atoms with Crippen LogP contribution in [0.2, 0.25) is 0 Å². The van der Waals surface area contributed by atoms with Crippen molar-refractivity contribution in [1.29, 1.82) is 0 Å². The molecule has 5 heteroatoms. The van der Waals surface area contributed by atoms with Crippen molar-refractivity contribution < 1.29 is 4.79 Å². The lowest BCUT2D eigenvalue weighted by Gasteiger charge is -2.06. The fraction of sp³-hybridized carbons (Fsp3) is 0.316. The Morgan fingerprint density at radius 1 is 1.17 bits per heavy atom. The Hall–Kier alpha value is -2.69. The number of aryl methyl sites for hydroxylation is 1. The van der Waals surface area contributed by atoms with Crippen molar-refractivity contribution >= 4 is 17.2 Å². The third-order valence-electron chi connectivity index (χ3n) is 3.88. The number of amides is 1. The van der Waals surface area contributed by atoms with Crippen LogP contribution >= 0.6 is 0 Å². The van der Waals surface area contributed by atoms with Gasteiger partial charge in [0, 0.05) is 18.5 Å². The van der Waals surface area contributed by atoms with E-state index < -0.39 is 0 Å². The average Bonchev–Trinajstić information content (AvgIpc) is 3.01. The Labute approximate surface area is 141 Å². The van der Waals surface area contributed by atoms with Gasteiger partial charge in [0.2, 0.25) is 5.91 Å². The largest absolute Gasteiger partial charge is 0.323 e. The van der Waals surface area contributed by atoms with Crippen LogP contribution in [0.4, 0.5) is 5.69 Å². The average molecular weight is 322 g/mol. The highest BCUT2D eigenvalue weighted by atomic mass is 16.1. The highest BCUT2D eigenvalue weighted by molar-refractivity contribution is 5.94. The lowest BCUT2D eigenvalue weighted by molar-refractivity contribution is -0.116.